The van der Waals surface area contributed by atoms with Gasteiger partial charge in [0.2, 0.25) is 0 Å². The number of phenolic OH excluding ortho intramolecular Hbond substituents is 1. The molecule has 0 bridgehead atoms. The quantitative estimate of drug-likeness (QED) is 0.720. The highest BCUT2D eigenvalue weighted by atomic mass is 16.4. The molecule has 1 aliphatic carbocycles. The molecule has 0 radical (unpaired) electrons. The molecule has 0 atom stereocenters. The molecule has 2 N–H and O–H groups in total. The van der Waals surface area contributed by atoms with Gasteiger partial charge in [0.25, 0.3) is 0 Å². The van der Waals surface area contributed by atoms with E-state index in [0.717, 1.165) is 17.5 Å². The Morgan fingerprint density at radius 3 is 2.73 bits per heavy atom. The molecule has 0 aliphatic heterocycles. The minimum Gasteiger partial charge on any atom is -0.507 e. The molecule has 0 fully saturated rings. The van der Waals surface area contributed by atoms with E-state index in [1.165, 1.54) is 0 Å². The molecule has 3 heteroatoms. The molecular formula is C12H12O3. The number of allylic oxidation sites excluding steroid dienone is 2. The van der Waals surface area contributed by atoms with Crippen molar-refractivity contribution in [3.05, 3.63) is 41.0 Å². The van der Waals surface area contributed by atoms with Crippen LogP contribution in [0.3, 0.4) is 0 Å². The van der Waals surface area contributed by atoms with Gasteiger partial charge in [-0.3, -0.25) is 4.79 Å². The summed E-state index contributed by atoms with van der Waals surface area (Å²) < 4.78 is 0. The van der Waals surface area contributed by atoms with Gasteiger partial charge >= 0.3 is 5.97 Å². The molecular weight excluding hydrogens is 192 g/mol. The fraction of sp³-hybridized carbons (Fsp3) is 0.250. The Balaban J connectivity index is 2.40. The minimum absolute atomic E-state index is 0.122. The highest BCUT2D eigenvalue weighted by molar-refractivity contribution is 5.72. The van der Waals surface area contributed by atoms with Crippen molar-refractivity contribution in [3.63, 3.8) is 0 Å². The molecule has 0 saturated carbocycles. The Morgan fingerprint density at radius 1 is 1.27 bits per heavy atom. The first-order valence-electron chi connectivity index (χ1n) is 4.88. The molecule has 3 nitrogen and oxygen atoms in total. The van der Waals surface area contributed by atoms with Crippen LogP contribution >= 0.6 is 0 Å². The zero-order valence-electron chi connectivity index (χ0n) is 8.23. The molecule has 78 valence electrons. The lowest BCUT2D eigenvalue weighted by Crippen LogP contribution is -2.04. The topological polar surface area (TPSA) is 57.5 Å². The number of carbonyl (C=O) groups is 1. The standard InChI is InChI=1S/C12H12O3/c13-11(14)7-9-6-5-8-3-1-2-4-10(8)12(9)15/h1-2,5-6,15H,3-4,7H2,(H,13,14). The number of fused-ring (bicyclic) bond motifs is 1. The average Bonchev–Trinajstić information content (AvgIpc) is 2.22. The molecule has 1 aliphatic rings. The fourth-order valence-corrected chi connectivity index (χ4v) is 1.86. The van der Waals surface area contributed by atoms with Crippen LogP contribution < -0.4 is 0 Å². The van der Waals surface area contributed by atoms with E-state index in [2.05, 4.69) is 6.08 Å². The summed E-state index contributed by atoms with van der Waals surface area (Å²) in [5.41, 5.74) is 2.46. The van der Waals surface area contributed by atoms with Crippen LogP contribution in [0.1, 0.15) is 16.7 Å². The third-order valence-electron chi connectivity index (χ3n) is 2.63. The van der Waals surface area contributed by atoms with E-state index in [1.54, 1.807) is 6.07 Å². The van der Waals surface area contributed by atoms with Gasteiger partial charge < -0.3 is 10.2 Å². The van der Waals surface area contributed by atoms with E-state index in [0.29, 0.717) is 12.0 Å². The summed E-state index contributed by atoms with van der Waals surface area (Å²) in [7, 11) is 0. The number of carboxylic acids is 1. The van der Waals surface area contributed by atoms with Crippen LogP contribution in [-0.2, 0) is 24.1 Å². The summed E-state index contributed by atoms with van der Waals surface area (Å²) in [6.07, 6.45) is 5.43. The Morgan fingerprint density at radius 2 is 2.00 bits per heavy atom. The fourth-order valence-electron chi connectivity index (χ4n) is 1.86. The van der Waals surface area contributed by atoms with Crippen molar-refractivity contribution in [3.8, 4) is 5.75 Å². The van der Waals surface area contributed by atoms with E-state index in [-0.39, 0.29) is 12.2 Å². The minimum atomic E-state index is -0.920. The van der Waals surface area contributed by atoms with Gasteiger partial charge in [0, 0.05) is 11.1 Å². The maximum atomic E-state index is 10.6. The lowest BCUT2D eigenvalue weighted by atomic mass is 9.93. The monoisotopic (exact) mass is 204 g/mol. The average molecular weight is 204 g/mol. The molecule has 0 heterocycles. The van der Waals surface area contributed by atoms with Crippen LogP contribution in [0.5, 0.6) is 5.75 Å². The lowest BCUT2D eigenvalue weighted by molar-refractivity contribution is -0.136. The van der Waals surface area contributed by atoms with Gasteiger partial charge in [-0.15, -0.1) is 0 Å². The van der Waals surface area contributed by atoms with Crippen molar-refractivity contribution in [2.45, 2.75) is 19.3 Å². The third-order valence-corrected chi connectivity index (χ3v) is 2.63. The Labute approximate surface area is 87.7 Å². The van der Waals surface area contributed by atoms with Crippen molar-refractivity contribution in [1.82, 2.24) is 0 Å². The number of phenols is 1. The summed E-state index contributed by atoms with van der Waals surface area (Å²) in [5, 5.41) is 18.6. The second kappa shape index (κ2) is 3.77. The normalized spacial score (nSPS) is 13.6. The first kappa shape index (κ1) is 9.77. The maximum Gasteiger partial charge on any atom is 0.307 e. The molecule has 1 aromatic carbocycles. The van der Waals surface area contributed by atoms with Crippen LogP contribution in [-0.4, -0.2) is 16.2 Å². The van der Waals surface area contributed by atoms with E-state index < -0.39 is 5.97 Å². The number of benzene rings is 1. The molecule has 0 aromatic heterocycles. The van der Waals surface area contributed by atoms with Crippen LogP contribution in [0.4, 0.5) is 0 Å². The number of hydrogen-bond acceptors (Lipinski definition) is 2. The second-order valence-electron chi connectivity index (χ2n) is 3.66. The predicted octanol–water partition coefficient (Wildman–Crippen LogP) is 1.67. The first-order valence-corrected chi connectivity index (χ1v) is 4.88. The van der Waals surface area contributed by atoms with Gasteiger partial charge in [-0.25, -0.2) is 0 Å². The van der Waals surface area contributed by atoms with E-state index in [4.69, 9.17) is 5.11 Å². The number of aromatic hydroxyl groups is 1. The van der Waals surface area contributed by atoms with Gasteiger partial charge in [-0.2, -0.15) is 0 Å². The SMILES string of the molecule is O=C(O)Cc1ccc2c(c1O)CC=CC2. The zero-order valence-corrected chi connectivity index (χ0v) is 8.23. The lowest BCUT2D eigenvalue weighted by Gasteiger charge is -2.14. The van der Waals surface area contributed by atoms with Gasteiger partial charge in [0.15, 0.2) is 0 Å². The molecule has 1 aromatic rings. The van der Waals surface area contributed by atoms with Crippen LogP contribution in [0.25, 0.3) is 0 Å². The maximum absolute atomic E-state index is 10.6. The Bertz CT molecular complexity index is 433. The Kier molecular flexibility index (Phi) is 2.46. The first-order chi connectivity index (χ1) is 7.18. The van der Waals surface area contributed by atoms with Gasteiger partial charge in [-0.1, -0.05) is 24.3 Å². The number of carboxylic acid groups (broad SMARTS) is 1. The highest BCUT2D eigenvalue weighted by Gasteiger charge is 2.14. The number of rotatable bonds is 2. The molecule has 0 saturated heterocycles. The summed E-state index contributed by atoms with van der Waals surface area (Å²) >= 11 is 0. The van der Waals surface area contributed by atoms with E-state index in [9.17, 15) is 9.90 Å². The largest absolute Gasteiger partial charge is 0.507 e. The van der Waals surface area contributed by atoms with Crippen molar-refractivity contribution in [2.75, 3.05) is 0 Å². The molecule has 0 unspecified atom stereocenters. The van der Waals surface area contributed by atoms with Crippen molar-refractivity contribution >= 4 is 5.97 Å². The molecule has 0 amide bonds. The van der Waals surface area contributed by atoms with E-state index >= 15 is 0 Å². The van der Waals surface area contributed by atoms with Crippen LogP contribution in [0.2, 0.25) is 0 Å². The zero-order chi connectivity index (χ0) is 10.8. The summed E-state index contributed by atoms with van der Waals surface area (Å²) in [4.78, 5) is 10.6. The third kappa shape index (κ3) is 1.86. The summed E-state index contributed by atoms with van der Waals surface area (Å²) in [6, 6.07) is 3.60. The van der Waals surface area contributed by atoms with Gasteiger partial charge in [0.05, 0.1) is 6.42 Å². The second-order valence-corrected chi connectivity index (χ2v) is 3.66. The Hall–Kier alpha value is -1.77. The van der Waals surface area contributed by atoms with Crippen LogP contribution in [0.15, 0.2) is 24.3 Å². The summed E-state index contributed by atoms with van der Waals surface area (Å²) in [6.45, 7) is 0. The number of aliphatic carboxylic acids is 1. The van der Waals surface area contributed by atoms with Crippen molar-refractivity contribution in [2.24, 2.45) is 0 Å². The molecule has 0 spiro atoms. The van der Waals surface area contributed by atoms with Crippen molar-refractivity contribution < 1.29 is 15.0 Å². The van der Waals surface area contributed by atoms with Crippen molar-refractivity contribution in [1.29, 1.82) is 0 Å². The molecule has 15 heavy (non-hydrogen) atoms. The predicted molar refractivity (Wildman–Crippen MR) is 56.0 cm³/mol. The smallest absolute Gasteiger partial charge is 0.307 e. The van der Waals surface area contributed by atoms with E-state index in [1.807, 2.05) is 12.1 Å². The van der Waals surface area contributed by atoms with Crippen LogP contribution in [0, 0.1) is 0 Å². The molecule has 2 rings (SSSR count). The van der Waals surface area contributed by atoms with Gasteiger partial charge in [0.1, 0.15) is 5.75 Å². The number of hydrogen-bond donors (Lipinski definition) is 2. The van der Waals surface area contributed by atoms with Gasteiger partial charge in [-0.05, 0) is 18.4 Å². The highest BCUT2D eigenvalue weighted by Crippen LogP contribution is 2.29. The summed E-state index contributed by atoms with van der Waals surface area (Å²) in [5.74, 6) is -0.768.